The molecule has 1 aliphatic heterocycles. The van der Waals surface area contributed by atoms with Gasteiger partial charge < -0.3 is 15.0 Å². The molecule has 5 heteroatoms. The predicted octanol–water partition coefficient (Wildman–Crippen LogP) is 2.27. The highest BCUT2D eigenvalue weighted by Gasteiger charge is 2.19. The number of carbonyl (C=O) groups is 1. The van der Waals surface area contributed by atoms with E-state index in [1.807, 2.05) is 23.1 Å². The van der Waals surface area contributed by atoms with Crippen LogP contribution in [0.3, 0.4) is 0 Å². The summed E-state index contributed by atoms with van der Waals surface area (Å²) in [6, 6.07) is 10.7. The van der Waals surface area contributed by atoms with E-state index in [4.69, 9.17) is 4.74 Å². The molecule has 1 aromatic carbocycles. The number of carbonyl (C=O) groups excluding carboxylic acids is 1. The van der Waals surface area contributed by atoms with Crippen molar-refractivity contribution in [2.24, 2.45) is 0 Å². The van der Waals surface area contributed by atoms with Gasteiger partial charge in [0.05, 0.1) is 6.61 Å². The first kappa shape index (κ1) is 18.9. The van der Waals surface area contributed by atoms with Crippen LogP contribution in [0.4, 0.5) is 0 Å². The smallest absolute Gasteiger partial charge is 0.222 e. The Morgan fingerprint density at radius 2 is 2.09 bits per heavy atom. The summed E-state index contributed by atoms with van der Waals surface area (Å²) in [7, 11) is 0. The van der Waals surface area contributed by atoms with Gasteiger partial charge in [0, 0.05) is 38.7 Å². The molecule has 0 spiro atoms. The Kier molecular flexibility index (Phi) is 9.13. The Labute approximate surface area is 139 Å². The minimum Gasteiger partial charge on any atom is -0.381 e. The summed E-state index contributed by atoms with van der Waals surface area (Å²) in [5, 5.41) is 3.35. The van der Waals surface area contributed by atoms with Crippen molar-refractivity contribution in [3.05, 3.63) is 35.9 Å². The molecule has 1 heterocycles. The first-order valence-corrected chi connectivity index (χ1v) is 7.88. The molecule has 1 aromatic rings. The number of amides is 1. The molecule has 22 heavy (non-hydrogen) atoms. The SMILES string of the molecule is CC1CN(C(=O)CCCOCCc2ccccc2)CCN1.Cl. The molecule has 1 aliphatic rings. The lowest BCUT2D eigenvalue weighted by molar-refractivity contribution is -0.132. The molecule has 0 bridgehead atoms. The van der Waals surface area contributed by atoms with Crippen molar-refractivity contribution in [1.82, 2.24) is 10.2 Å². The summed E-state index contributed by atoms with van der Waals surface area (Å²) in [6.45, 7) is 6.07. The maximum atomic E-state index is 12.0. The maximum Gasteiger partial charge on any atom is 0.222 e. The second-order valence-electron chi connectivity index (χ2n) is 5.65. The van der Waals surface area contributed by atoms with E-state index in [0.717, 1.165) is 39.1 Å². The number of nitrogens with one attached hydrogen (secondary N) is 1. The van der Waals surface area contributed by atoms with Gasteiger partial charge in [-0.15, -0.1) is 12.4 Å². The molecule has 1 N–H and O–H groups in total. The molecule has 1 amide bonds. The maximum absolute atomic E-state index is 12.0. The zero-order chi connectivity index (χ0) is 14.9. The highest BCUT2D eigenvalue weighted by molar-refractivity contribution is 5.85. The molecule has 1 atom stereocenters. The standard InChI is InChI=1S/C17H26N2O2.ClH/c1-15-14-19(11-10-18-15)17(20)8-5-12-21-13-9-16-6-3-2-4-7-16;/h2-4,6-7,15,18H,5,8-14H2,1H3;1H. The van der Waals surface area contributed by atoms with Gasteiger partial charge in [-0.05, 0) is 25.3 Å². The fourth-order valence-electron chi connectivity index (χ4n) is 2.58. The fourth-order valence-corrected chi connectivity index (χ4v) is 2.58. The van der Waals surface area contributed by atoms with Gasteiger partial charge in [-0.1, -0.05) is 30.3 Å². The van der Waals surface area contributed by atoms with E-state index in [-0.39, 0.29) is 18.3 Å². The summed E-state index contributed by atoms with van der Waals surface area (Å²) in [4.78, 5) is 14.0. The van der Waals surface area contributed by atoms with Gasteiger partial charge in [-0.2, -0.15) is 0 Å². The molecular weight excluding hydrogens is 300 g/mol. The van der Waals surface area contributed by atoms with Gasteiger partial charge in [0.15, 0.2) is 0 Å². The molecule has 0 aliphatic carbocycles. The second kappa shape index (κ2) is 10.6. The zero-order valence-electron chi connectivity index (χ0n) is 13.3. The third-order valence-corrected chi connectivity index (χ3v) is 3.78. The van der Waals surface area contributed by atoms with E-state index in [2.05, 4.69) is 24.4 Å². The van der Waals surface area contributed by atoms with Crippen molar-refractivity contribution in [3.8, 4) is 0 Å². The first-order valence-electron chi connectivity index (χ1n) is 7.88. The number of nitrogens with zero attached hydrogens (tertiary/aromatic N) is 1. The predicted molar refractivity (Wildman–Crippen MR) is 91.5 cm³/mol. The number of hydrogen-bond acceptors (Lipinski definition) is 3. The molecular formula is C17H27ClN2O2. The molecule has 4 nitrogen and oxygen atoms in total. The summed E-state index contributed by atoms with van der Waals surface area (Å²) in [6.07, 6.45) is 2.34. The summed E-state index contributed by atoms with van der Waals surface area (Å²) < 4.78 is 5.61. The monoisotopic (exact) mass is 326 g/mol. The topological polar surface area (TPSA) is 41.6 Å². The van der Waals surface area contributed by atoms with E-state index in [1.54, 1.807) is 0 Å². The Hall–Kier alpha value is -1.10. The van der Waals surface area contributed by atoms with E-state index in [9.17, 15) is 4.79 Å². The van der Waals surface area contributed by atoms with Crippen LogP contribution in [0.2, 0.25) is 0 Å². The van der Waals surface area contributed by atoms with Crippen LogP contribution in [0.1, 0.15) is 25.3 Å². The summed E-state index contributed by atoms with van der Waals surface area (Å²) >= 11 is 0. The van der Waals surface area contributed by atoms with Crippen LogP contribution >= 0.6 is 12.4 Å². The normalized spacial score (nSPS) is 17.9. The largest absolute Gasteiger partial charge is 0.381 e. The van der Waals surface area contributed by atoms with Crippen LogP contribution in [0, 0.1) is 0 Å². The molecule has 1 saturated heterocycles. The Morgan fingerprint density at radius 3 is 2.82 bits per heavy atom. The van der Waals surface area contributed by atoms with Crippen molar-refractivity contribution >= 4 is 18.3 Å². The third kappa shape index (κ3) is 6.77. The van der Waals surface area contributed by atoms with Crippen LogP contribution < -0.4 is 5.32 Å². The number of rotatable bonds is 7. The zero-order valence-corrected chi connectivity index (χ0v) is 14.1. The lowest BCUT2D eigenvalue weighted by Gasteiger charge is -2.32. The Balaban J connectivity index is 0.00000242. The van der Waals surface area contributed by atoms with Gasteiger partial charge in [-0.3, -0.25) is 4.79 Å². The number of benzene rings is 1. The molecule has 0 saturated carbocycles. The third-order valence-electron chi connectivity index (χ3n) is 3.78. The quantitative estimate of drug-likeness (QED) is 0.782. The van der Waals surface area contributed by atoms with Crippen LogP contribution in [0.5, 0.6) is 0 Å². The molecule has 2 rings (SSSR count). The van der Waals surface area contributed by atoms with E-state index in [0.29, 0.717) is 19.1 Å². The molecule has 0 radical (unpaired) electrons. The van der Waals surface area contributed by atoms with Gasteiger partial charge in [0.1, 0.15) is 0 Å². The van der Waals surface area contributed by atoms with E-state index >= 15 is 0 Å². The first-order chi connectivity index (χ1) is 10.3. The molecule has 124 valence electrons. The van der Waals surface area contributed by atoms with Gasteiger partial charge in [0.25, 0.3) is 0 Å². The number of piperazine rings is 1. The van der Waals surface area contributed by atoms with Crippen molar-refractivity contribution in [2.75, 3.05) is 32.8 Å². The molecule has 1 unspecified atom stereocenters. The minimum atomic E-state index is 0. The lowest BCUT2D eigenvalue weighted by Crippen LogP contribution is -2.51. The van der Waals surface area contributed by atoms with Crippen molar-refractivity contribution in [3.63, 3.8) is 0 Å². The summed E-state index contributed by atoms with van der Waals surface area (Å²) in [5.74, 6) is 0.259. The Morgan fingerprint density at radius 1 is 1.32 bits per heavy atom. The van der Waals surface area contributed by atoms with E-state index in [1.165, 1.54) is 5.56 Å². The number of hydrogen-bond donors (Lipinski definition) is 1. The van der Waals surface area contributed by atoms with Crippen LogP contribution in [0.25, 0.3) is 0 Å². The molecule has 0 aromatic heterocycles. The summed E-state index contributed by atoms with van der Waals surface area (Å²) in [5.41, 5.74) is 1.29. The van der Waals surface area contributed by atoms with Gasteiger partial charge >= 0.3 is 0 Å². The van der Waals surface area contributed by atoms with E-state index < -0.39 is 0 Å². The Bertz CT molecular complexity index is 428. The number of halogens is 1. The van der Waals surface area contributed by atoms with Crippen LogP contribution in [-0.2, 0) is 16.0 Å². The van der Waals surface area contributed by atoms with Crippen molar-refractivity contribution < 1.29 is 9.53 Å². The number of ether oxygens (including phenoxy) is 1. The van der Waals surface area contributed by atoms with Crippen molar-refractivity contribution in [2.45, 2.75) is 32.2 Å². The second-order valence-corrected chi connectivity index (χ2v) is 5.65. The average molecular weight is 327 g/mol. The average Bonchev–Trinajstić information content (AvgIpc) is 2.51. The minimum absolute atomic E-state index is 0. The fraction of sp³-hybridized carbons (Fsp3) is 0.588. The van der Waals surface area contributed by atoms with Crippen LogP contribution in [0.15, 0.2) is 30.3 Å². The van der Waals surface area contributed by atoms with Gasteiger partial charge in [0.2, 0.25) is 5.91 Å². The van der Waals surface area contributed by atoms with Gasteiger partial charge in [-0.25, -0.2) is 0 Å². The van der Waals surface area contributed by atoms with Crippen LogP contribution in [-0.4, -0.2) is 49.7 Å². The lowest BCUT2D eigenvalue weighted by atomic mass is 10.2. The highest BCUT2D eigenvalue weighted by Crippen LogP contribution is 2.04. The highest BCUT2D eigenvalue weighted by atomic mass is 35.5. The molecule has 1 fully saturated rings. The van der Waals surface area contributed by atoms with Crippen molar-refractivity contribution in [1.29, 1.82) is 0 Å².